The molecule has 0 aliphatic heterocycles. The van der Waals surface area contributed by atoms with Crippen molar-refractivity contribution in [2.24, 2.45) is 0 Å². The molecule has 0 saturated carbocycles. The Bertz CT molecular complexity index is 813. The second-order valence-electron chi connectivity index (χ2n) is 4.78. The summed E-state index contributed by atoms with van der Waals surface area (Å²) in [6.45, 7) is 4.53. The van der Waals surface area contributed by atoms with Gasteiger partial charge < -0.3 is 4.74 Å². The second kappa shape index (κ2) is 6.57. The number of H-pyrrole nitrogens is 1. The van der Waals surface area contributed by atoms with Crippen LogP contribution in [0.25, 0.3) is 11.3 Å². The van der Waals surface area contributed by atoms with Gasteiger partial charge in [-0.05, 0) is 26.0 Å². The zero-order chi connectivity index (χ0) is 16.2. The number of nitrogens with one attached hydrogen (secondary N) is 2. The largest absolute Gasteiger partial charge is 0.493 e. The average Bonchev–Trinajstić information content (AvgIpc) is 3.20. The van der Waals surface area contributed by atoms with Crippen LogP contribution in [0.3, 0.4) is 0 Å². The van der Waals surface area contributed by atoms with Gasteiger partial charge in [0.25, 0.3) is 5.91 Å². The fourth-order valence-electron chi connectivity index (χ4n) is 2.05. The summed E-state index contributed by atoms with van der Waals surface area (Å²) in [6.07, 6.45) is 1.36. The first-order chi connectivity index (χ1) is 11.2. The van der Waals surface area contributed by atoms with Gasteiger partial charge in [-0.25, -0.2) is 4.98 Å². The Labute approximate surface area is 136 Å². The van der Waals surface area contributed by atoms with E-state index in [1.807, 2.05) is 37.4 Å². The molecule has 3 aromatic rings. The van der Waals surface area contributed by atoms with Crippen molar-refractivity contribution in [3.63, 3.8) is 0 Å². The third-order valence-corrected chi connectivity index (χ3v) is 3.84. The molecule has 1 aromatic carbocycles. The first kappa shape index (κ1) is 15.2. The van der Waals surface area contributed by atoms with E-state index in [0.29, 0.717) is 11.7 Å². The Morgan fingerprint density at radius 2 is 2.30 bits per heavy atom. The van der Waals surface area contributed by atoms with Crippen molar-refractivity contribution in [2.75, 3.05) is 11.9 Å². The van der Waals surface area contributed by atoms with Gasteiger partial charge in [-0.3, -0.25) is 10.1 Å². The van der Waals surface area contributed by atoms with E-state index in [-0.39, 0.29) is 11.6 Å². The van der Waals surface area contributed by atoms with Crippen LogP contribution in [-0.2, 0) is 0 Å². The molecule has 118 valence electrons. The molecule has 0 atom stereocenters. The molecule has 1 amide bonds. The van der Waals surface area contributed by atoms with Gasteiger partial charge in [0.1, 0.15) is 5.75 Å². The Morgan fingerprint density at radius 1 is 1.43 bits per heavy atom. The highest BCUT2D eigenvalue weighted by Gasteiger charge is 2.14. The summed E-state index contributed by atoms with van der Waals surface area (Å²) in [5.41, 5.74) is 3.00. The topological polar surface area (TPSA) is 92.8 Å². The SMILES string of the molecule is CCOc1ccc(C)cc1-c1csc(NC(=O)c2cn[nH]n2)n1. The Morgan fingerprint density at radius 3 is 3.04 bits per heavy atom. The second-order valence-corrected chi connectivity index (χ2v) is 5.64. The molecule has 0 radical (unpaired) electrons. The van der Waals surface area contributed by atoms with E-state index in [2.05, 4.69) is 25.7 Å². The molecule has 0 spiro atoms. The molecule has 3 rings (SSSR count). The summed E-state index contributed by atoms with van der Waals surface area (Å²) in [5, 5.41) is 14.8. The highest BCUT2D eigenvalue weighted by Crippen LogP contribution is 2.33. The first-order valence-corrected chi connectivity index (χ1v) is 7.92. The number of carbonyl (C=O) groups is 1. The summed E-state index contributed by atoms with van der Waals surface area (Å²) in [6, 6.07) is 5.94. The lowest BCUT2D eigenvalue weighted by Gasteiger charge is -2.09. The van der Waals surface area contributed by atoms with Gasteiger partial charge in [-0.2, -0.15) is 15.4 Å². The van der Waals surface area contributed by atoms with Gasteiger partial charge in [0.05, 0.1) is 18.5 Å². The quantitative estimate of drug-likeness (QED) is 0.751. The van der Waals surface area contributed by atoms with E-state index in [1.165, 1.54) is 17.5 Å². The van der Waals surface area contributed by atoms with Crippen LogP contribution >= 0.6 is 11.3 Å². The van der Waals surface area contributed by atoms with E-state index in [9.17, 15) is 4.79 Å². The molecule has 8 heteroatoms. The summed E-state index contributed by atoms with van der Waals surface area (Å²) in [7, 11) is 0. The number of hydrogen-bond acceptors (Lipinski definition) is 6. The smallest absolute Gasteiger partial charge is 0.279 e. The Hall–Kier alpha value is -2.74. The zero-order valence-corrected chi connectivity index (χ0v) is 13.5. The number of nitrogens with zero attached hydrogens (tertiary/aromatic N) is 3. The molecular formula is C15H15N5O2S. The van der Waals surface area contributed by atoms with Gasteiger partial charge in [0, 0.05) is 10.9 Å². The van der Waals surface area contributed by atoms with Crippen LogP contribution in [0.5, 0.6) is 5.75 Å². The van der Waals surface area contributed by atoms with Crippen molar-refractivity contribution in [1.29, 1.82) is 0 Å². The lowest BCUT2D eigenvalue weighted by Crippen LogP contribution is -2.12. The lowest BCUT2D eigenvalue weighted by molar-refractivity contribution is 0.102. The molecular weight excluding hydrogens is 314 g/mol. The molecule has 2 N–H and O–H groups in total. The Balaban J connectivity index is 1.84. The molecule has 0 unspecified atom stereocenters. The monoisotopic (exact) mass is 329 g/mol. The van der Waals surface area contributed by atoms with Gasteiger partial charge in [0.2, 0.25) is 0 Å². The van der Waals surface area contributed by atoms with E-state index >= 15 is 0 Å². The van der Waals surface area contributed by atoms with Crippen molar-refractivity contribution in [3.05, 3.63) is 41.0 Å². The van der Waals surface area contributed by atoms with E-state index in [1.54, 1.807) is 0 Å². The van der Waals surface area contributed by atoms with Crippen molar-refractivity contribution in [2.45, 2.75) is 13.8 Å². The fourth-order valence-corrected chi connectivity index (χ4v) is 2.76. The molecule has 0 saturated heterocycles. The number of aryl methyl sites for hydroxylation is 1. The fraction of sp³-hybridized carbons (Fsp3) is 0.200. The minimum atomic E-state index is -0.353. The third-order valence-electron chi connectivity index (χ3n) is 3.08. The molecule has 0 bridgehead atoms. The van der Waals surface area contributed by atoms with Crippen LogP contribution in [0.1, 0.15) is 23.0 Å². The number of hydrogen-bond donors (Lipinski definition) is 2. The Kier molecular flexibility index (Phi) is 4.33. The third kappa shape index (κ3) is 3.37. The maximum Gasteiger partial charge on any atom is 0.279 e. The minimum absolute atomic E-state index is 0.215. The molecule has 0 aliphatic carbocycles. The van der Waals surface area contributed by atoms with Gasteiger partial charge >= 0.3 is 0 Å². The highest BCUT2D eigenvalue weighted by molar-refractivity contribution is 7.14. The standard InChI is InChI=1S/C15H15N5O2S/c1-3-22-13-5-4-9(2)6-10(13)12-8-23-15(17-12)18-14(21)11-7-16-20-19-11/h4-8H,3H2,1-2H3,(H,16,19,20)(H,17,18,21). The van der Waals surface area contributed by atoms with E-state index in [4.69, 9.17) is 4.74 Å². The zero-order valence-electron chi connectivity index (χ0n) is 12.7. The van der Waals surface area contributed by atoms with Crippen LogP contribution in [0.2, 0.25) is 0 Å². The van der Waals surface area contributed by atoms with E-state index < -0.39 is 0 Å². The lowest BCUT2D eigenvalue weighted by atomic mass is 10.1. The highest BCUT2D eigenvalue weighted by atomic mass is 32.1. The summed E-state index contributed by atoms with van der Waals surface area (Å²) in [5.74, 6) is 0.423. The number of carbonyl (C=O) groups excluding carboxylic acids is 1. The molecule has 0 aliphatic rings. The number of amides is 1. The molecule has 2 aromatic heterocycles. The summed E-state index contributed by atoms with van der Waals surface area (Å²) >= 11 is 1.35. The van der Waals surface area contributed by atoms with Crippen molar-refractivity contribution >= 4 is 22.4 Å². The van der Waals surface area contributed by atoms with Crippen LogP contribution in [-0.4, -0.2) is 32.9 Å². The van der Waals surface area contributed by atoms with Crippen molar-refractivity contribution in [3.8, 4) is 17.0 Å². The van der Waals surface area contributed by atoms with Crippen LogP contribution in [0.15, 0.2) is 29.8 Å². The average molecular weight is 329 g/mol. The maximum absolute atomic E-state index is 12.0. The molecule has 23 heavy (non-hydrogen) atoms. The number of anilines is 1. The van der Waals surface area contributed by atoms with Gasteiger partial charge in [0.15, 0.2) is 10.8 Å². The summed E-state index contributed by atoms with van der Waals surface area (Å²) < 4.78 is 5.65. The van der Waals surface area contributed by atoms with Gasteiger partial charge in [-0.1, -0.05) is 11.6 Å². The van der Waals surface area contributed by atoms with Gasteiger partial charge in [-0.15, -0.1) is 11.3 Å². The molecule has 2 heterocycles. The first-order valence-electron chi connectivity index (χ1n) is 7.04. The number of thiazole rings is 1. The maximum atomic E-state index is 12.0. The summed E-state index contributed by atoms with van der Waals surface area (Å²) in [4.78, 5) is 16.4. The van der Waals surface area contributed by atoms with Crippen molar-refractivity contribution < 1.29 is 9.53 Å². The number of aromatic amines is 1. The number of ether oxygens (including phenoxy) is 1. The predicted molar refractivity (Wildman–Crippen MR) is 87.8 cm³/mol. The normalized spacial score (nSPS) is 10.5. The molecule has 0 fully saturated rings. The van der Waals surface area contributed by atoms with Crippen LogP contribution < -0.4 is 10.1 Å². The number of rotatable bonds is 5. The predicted octanol–water partition coefficient (Wildman–Crippen LogP) is 2.89. The number of benzene rings is 1. The van der Waals surface area contributed by atoms with Crippen LogP contribution in [0.4, 0.5) is 5.13 Å². The van der Waals surface area contributed by atoms with Crippen molar-refractivity contribution in [1.82, 2.24) is 20.4 Å². The minimum Gasteiger partial charge on any atom is -0.493 e. The molecule has 7 nitrogen and oxygen atoms in total. The number of aromatic nitrogens is 4. The van der Waals surface area contributed by atoms with E-state index in [0.717, 1.165) is 22.6 Å². The van der Waals surface area contributed by atoms with Crippen LogP contribution in [0, 0.1) is 6.92 Å².